The van der Waals surface area contributed by atoms with E-state index in [-0.39, 0.29) is 0 Å². The Balaban J connectivity index is 0.000000426. The quantitative estimate of drug-likeness (QED) is 0.555. The Hall–Kier alpha value is -2.53. The van der Waals surface area contributed by atoms with Gasteiger partial charge in [0.15, 0.2) is 0 Å². The molecule has 0 aromatic heterocycles. The van der Waals surface area contributed by atoms with Gasteiger partial charge in [-0.05, 0) is 69.4 Å². The Kier molecular flexibility index (Phi) is 9.51. The van der Waals surface area contributed by atoms with Crippen LogP contribution < -0.4 is 16.0 Å². The van der Waals surface area contributed by atoms with Crippen LogP contribution in [0.2, 0.25) is 0 Å². The number of hydrogen-bond acceptors (Lipinski definition) is 5. The second kappa shape index (κ2) is 12.1. The molecule has 0 radical (unpaired) electrons. The summed E-state index contributed by atoms with van der Waals surface area (Å²) in [6.45, 7) is 10.8. The summed E-state index contributed by atoms with van der Waals surface area (Å²) in [5.41, 5.74) is 4.90. The predicted molar refractivity (Wildman–Crippen MR) is 124 cm³/mol. The first-order valence-corrected chi connectivity index (χ1v) is 10.6. The molecule has 0 saturated carbocycles. The second-order valence-corrected chi connectivity index (χ2v) is 7.54. The molecule has 3 aliphatic rings. The molecule has 158 valence electrons. The smallest absolute Gasteiger partial charge is 0.140 e. The fraction of sp³-hybridized carbons (Fsp3) is 0.458. The standard InChI is InChI=1S/C19H25N3O.C5H11N/c1-4-6-16-8-7-15(10-17(16)21-9-5-2)12-22-18-13-20-11-14(3)19(18)23;1-5-3-2-4-6-5/h5-10,13,20,22-23H,4,11-12H2,1-3H3;5-6H,2-4H2,1H3/b9-5-,16-6+,21-17+;. The molecule has 1 unspecified atom stereocenters. The van der Waals surface area contributed by atoms with Crippen LogP contribution in [0, 0.1) is 0 Å². The molecule has 0 aromatic rings. The molecule has 0 spiro atoms. The molecule has 5 nitrogen and oxygen atoms in total. The highest BCUT2D eigenvalue weighted by molar-refractivity contribution is 6.12. The van der Waals surface area contributed by atoms with Gasteiger partial charge in [-0.2, -0.15) is 0 Å². The highest BCUT2D eigenvalue weighted by Gasteiger charge is 2.13. The lowest BCUT2D eigenvalue weighted by Crippen LogP contribution is -2.26. The lowest BCUT2D eigenvalue weighted by atomic mass is 9.99. The summed E-state index contributed by atoms with van der Waals surface area (Å²) in [4.78, 5) is 4.50. The van der Waals surface area contributed by atoms with Crippen LogP contribution >= 0.6 is 0 Å². The zero-order valence-corrected chi connectivity index (χ0v) is 18.3. The maximum Gasteiger partial charge on any atom is 0.140 e. The number of aliphatic hydroxyl groups is 1. The minimum atomic E-state index is 0.332. The van der Waals surface area contributed by atoms with Crippen molar-refractivity contribution >= 4 is 5.71 Å². The maximum absolute atomic E-state index is 10.1. The SMILES string of the molecule is CC1CCCN1.C\C=C/N=C1\C=C(CNC2=CNCC(C)=C2O)C=C\C1=C/CC. The number of aliphatic hydroxyl groups excluding tert-OH is 1. The number of nitrogens with zero attached hydrogens (tertiary/aromatic N) is 1. The van der Waals surface area contributed by atoms with E-state index in [1.54, 1.807) is 0 Å². The summed E-state index contributed by atoms with van der Waals surface area (Å²) in [6.07, 6.45) is 17.7. The molecule has 0 bridgehead atoms. The Morgan fingerprint density at radius 2 is 2.17 bits per heavy atom. The van der Waals surface area contributed by atoms with Gasteiger partial charge in [0, 0.05) is 31.5 Å². The van der Waals surface area contributed by atoms with Gasteiger partial charge in [-0.25, -0.2) is 0 Å². The molecule has 0 aromatic carbocycles. The first-order valence-electron chi connectivity index (χ1n) is 10.6. The highest BCUT2D eigenvalue weighted by atomic mass is 16.3. The molecular formula is C24H36N4O. The van der Waals surface area contributed by atoms with Gasteiger partial charge in [0.2, 0.25) is 0 Å². The first-order chi connectivity index (χ1) is 14.0. The van der Waals surface area contributed by atoms with Crippen LogP contribution in [0.1, 0.15) is 47.0 Å². The van der Waals surface area contributed by atoms with Gasteiger partial charge in [0.25, 0.3) is 0 Å². The average molecular weight is 397 g/mol. The van der Waals surface area contributed by atoms with E-state index in [1.807, 2.05) is 32.3 Å². The van der Waals surface area contributed by atoms with Crippen LogP contribution in [-0.2, 0) is 0 Å². The van der Waals surface area contributed by atoms with Crippen molar-refractivity contribution in [2.75, 3.05) is 19.6 Å². The normalized spacial score (nSPS) is 24.3. The summed E-state index contributed by atoms with van der Waals surface area (Å²) in [5.74, 6) is 0.332. The molecule has 3 rings (SSSR count). The predicted octanol–water partition coefficient (Wildman–Crippen LogP) is 4.42. The number of nitrogens with one attached hydrogen (secondary N) is 3. The lowest BCUT2D eigenvalue weighted by molar-refractivity contribution is 0.401. The molecule has 4 N–H and O–H groups in total. The topological polar surface area (TPSA) is 68.7 Å². The van der Waals surface area contributed by atoms with Gasteiger partial charge >= 0.3 is 0 Å². The number of dihydropyridines is 1. The summed E-state index contributed by atoms with van der Waals surface area (Å²) >= 11 is 0. The van der Waals surface area contributed by atoms with Crippen LogP contribution in [0.5, 0.6) is 0 Å². The van der Waals surface area contributed by atoms with Crippen molar-refractivity contribution in [3.05, 3.63) is 71.0 Å². The van der Waals surface area contributed by atoms with E-state index in [2.05, 4.69) is 59.1 Å². The number of hydrogen-bond donors (Lipinski definition) is 4. The molecule has 2 aliphatic heterocycles. The number of allylic oxidation sites excluding steroid dienone is 5. The van der Waals surface area contributed by atoms with Crippen molar-refractivity contribution in [2.45, 2.75) is 53.0 Å². The van der Waals surface area contributed by atoms with E-state index in [9.17, 15) is 5.11 Å². The summed E-state index contributed by atoms with van der Waals surface area (Å²) in [6, 6.07) is 0.796. The highest BCUT2D eigenvalue weighted by Crippen LogP contribution is 2.17. The van der Waals surface area contributed by atoms with Gasteiger partial charge in [-0.3, -0.25) is 4.99 Å². The molecule has 1 saturated heterocycles. The van der Waals surface area contributed by atoms with Gasteiger partial charge < -0.3 is 21.1 Å². The number of aliphatic imine (C=N–C) groups is 1. The molecule has 5 heteroatoms. The molecule has 1 aliphatic carbocycles. The third-order valence-electron chi connectivity index (χ3n) is 4.94. The van der Waals surface area contributed by atoms with Crippen molar-refractivity contribution in [3.63, 3.8) is 0 Å². The molecule has 1 fully saturated rings. The minimum Gasteiger partial charge on any atom is -0.506 e. The monoisotopic (exact) mass is 396 g/mol. The summed E-state index contributed by atoms with van der Waals surface area (Å²) in [7, 11) is 0. The number of rotatable bonds is 5. The Morgan fingerprint density at radius 3 is 2.79 bits per heavy atom. The minimum absolute atomic E-state index is 0.332. The molecule has 1 atom stereocenters. The fourth-order valence-electron chi connectivity index (χ4n) is 3.24. The van der Waals surface area contributed by atoms with E-state index < -0.39 is 0 Å². The van der Waals surface area contributed by atoms with Crippen molar-refractivity contribution in [3.8, 4) is 0 Å². The van der Waals surface area contributed by atoms with Crippen LogP contribution in [0.25, 0.3) is 0 Å². The van der Waals surface area contributed by atoms with Crippen molar-refractivity contribution in [1.82, 2.24) is 16.0 Å². The van der Waals surface area contributed by atoms with Crippen molar-refractivity contribution < 1.29 is 5.11 Å². The van der Waals surface area contributed by atoms with Gasteiger partial charge in [-0.1, -0.05) is 31.2 Å². The van der Waals surface area contributed by atoms with E-state index in [0.29, 0.717) is 18.8 Å². The van der Waals surface area contributed by atoms with Crippen LogP contribution in [0.15, 0.2) is 75.9 Å². The van der Waals surface area contributed by atoms with Crippen LogP contribution in [0.3, 0.4) is 0 Å². The van der Waals surface area contributed by atoms with E-state index in [1.165, 1.54) is 19.4 Å². The third-order valence-corrected chi connectivity index (χ3v) is 4.94. The summed E-state index contributed by atoms with van der Waals surface area (Å²) < 4.78 is 0. The van der Waals surface area contributed by atoms with Gasteiger partial charge in [0.1, 0.15) is 5.76 Å². The Morgan fingerprint density at radius 1 is 1.34 bits per heavy atom. The maximum atomic E-state index is 10.1. The largest absolute Gasteiger partial charge is 0.506 e. The van der Waals surface area contributed by atoms with E-state index in [4.69, 9.17) is 0 Å². The first kappa shape index (κ1) is 22.8. The van der Waals surface area contributed by atoms with E-state index >= 15 is 0 Å². The summed E-state index contributed by atoms with van der Waals surface area (Å²) in [5, 5.41) is 19.8. The molecular weight excluding hydrogens is 360 g/mol. The average Bonchev–Trinajstić information content (AvgIpc) is 3.20. The zero-order chi connectivity index (χ0) is 21.1. The Labute approximate surface area is 175 Å². The third kappa shape index (κ3) is 7.42. The molecule has 29 heavy (non-hydrogen) atoms. The lowest BCUT2D eigenvalue weighted by Gasteiger charge is -2.19. The van der Waals surface area contributed by atoms with Crippen molar-refractivity contribution in [1.29, 1.82) is 0 Å². The molecule has 2 heterocycles. The van der Waals surface area contributed by atoms with E-state index in [0.717, 1.165) is 40.6 Å². The van der Waals surface area contributed by atoms with Crippen LogP contribution in [0.4, 0.5) is 0 Å². The fourth-order valence-corrected chi connectivity index (χ4v) is 3.24. The second-order valence-electron chi connectivity index (χ2n) is 7.54. The zero-order valence-electron chi connectivity index (χ0n) is 18.3. The van der Waals surface area contributed by atoms with Gasteiger partial charge in [0.05, 0.1) is 11.4 Å². The van der Waals surface area contributed by atoms with Crippen LogP contribution in [-0.4, -0.2) is 36.5 Å². The van der Waals surface area contributed by atoms with Crippen molar-refractivity contribution in [2.24, 2.45) is 4.99 Å². The Bertz CT molecular complexity index is 760. The van der Waals surface area contributed by atoms with Gasteiger partial charge in [-0.15, -0.1) is 0 Å². The molecule has 0 amide bonds.